The summed E-state index contributed by atoms with van der Waals surface area (Å²) in [6.45, 7) is 1.50. The van der Waals surface area contributed by atoms with Crippen LogP contribution in [0.25, 0.3) is 0 Å². The Morgan fingerprint density at radius 1 is 1.67 bits per heavy atom. The van der Waals surface area contributed by atoms with Gasteiger partial charge in [0.05, 0.1) is 6.04 Å². The van der Waals surface area contributed by atoms with Crippen LogP contribution in [0.3, 0.4) is 0 Å². The molecular weight excluding hydrogens is 188 g/mol. The largest absolute Gasteiger partial charge is 0.418 e. The van der Waals surface area contributed by atoms with E-state index >= 15 is 0 Å². The molecule has 3 N–H and O–H groups in total. The van der Waals surface area contributed by atoms with Gasteiger partial charge in [-0.25, -0.2) is 0 Å². The van der Waals surface area contributed by atoms with Crippen molar-refractivity contribution in [1.82, 2.24) is 5.06 Å². The molecule has 1 saturated heterocycles. The first-order chi connectivity index (χ1) is 5.33. The van der Waals surface area contributed by atoms with Gasteiger partial charge in [-0.05, 0) is 6.92 Å². The van der Waals surface area contributed by atoms with Crippen LogP contribution in [0.15, 0.2) is 0 Å². The molecule has 1 fully saturated rings. The summed E-state index contributed by atoms with van der Waals surface area (Å²) >= 11 is 0. The summed E-state index contributed by atoms with van der Waals surface area (Å²) < 4.78 is 32.4. The Bertz CT molecular complexity index is 299. The van der Waals surface area contributed by atoms with E-state index in [0.29, 0.717) is 5.06 Å². The van der Waals surface area contributed by atoms with Crippen LogP contribution in [-0.4, -0.2) is 36.0 Å². The lowest BCUT2D eigenvalue weighted by molar-refractivity contribution is -0.192. The predicted molar refractivity (Wildman–Crippen MR) is 36.9 cm³/mol. The normalized spacial score (nSPS) is 30.2. The van der Waals surface area contributed by atoms with E-state index in [9.17, 15) is 13.2 Å². The summed E-state index contributed by atoms with van der Waals surface area (Å²) in [6, 6.07) is -1.30. The minimum absolute atomic E-state index is 0.514. The van der Waals surface area contributed by atoms with Crippen molar-refractivity contribution in [1.29, 1.82) is 0 Å². The van der Waals surface area contributed by atoms with Crippen LogP contribution in [0.1, 0.15) is 6.92 Å². The van der Waals surface area contributed by atoms with Gasteiger partial charge in [-0.2, -0.15) is 13.5 Å². The number of amides is 1. The number of β-lactam (4-membered cyclic amide) rings is 1. The topological polar surface area (TPSA) is 110 Å². The SMILES string of the molecule is C[C@@H]1[C@H](N)C(=O)N1OS(=O)(=O)O. The second-order valence-corrected chi connectivity index (χ2v) is 3.44. The number of hydrogen-bond donors (Lipinski definition) is 2. The molecule has 0 aromatic rings. The van der Waals surface area contributed by atoms with Gasteiger partial charge in [0.25, 0.3) is 5.91 Å². The third kappa shape index (κ3) is 1.55. The molecule has 1 rings (SSSR count). The Balaban J connectivity index is 2.63. The predicted octanol–water partition coefficient (Wildman–Crippen LogP) is -1.72. The summed E-state index contributed by atoms with van der Waals surface area (Å²) in [7, 11) is -4.62. The molecule has 0 unspecified atom stereocenters. The molecule has 0 aromatic heterocycles. The second-order valence-electron chi connectivity index (χ2n) is 2.43. The first kappa shape index (κ1) is 9.39. The molecule has 0 spiro atoms. The van der Waals surface area contributed by atoms with Crippen LogP contribution >= 0.6 is 0 Å². The molecule has 1 heterocycles. The lowest BCUT2D eigenvalue weighted by Crippen LogP contribution is -2.67. The Morgan fingerprint density at radius 2 is 2.17 bits per heavy atom. The number of nitrogens with two attached hydrogens (primary N) is 1. The van der Waals surface area contributed by atoms with Gasteiger partial charge in [0.1, 0.15) is 6.04 Å². The maximum absolute atomic E-state index is 10.8. The molecule has 0 radical (unpaired) electrons. The average Bonchev–Trinajstić information content (AvgIpc) is 1.96. The highest BCUT2D eigenvalue weighted by Gasteiger charge is 2.45. The minimum Gasteiger partial charge on any atom is -0.318 e. The Hall–Kier alpha value is -0.700. The quantitative estimate of drug-likeness (QED) is 0.401. The molecule has 0 bridgehead atoms. The highest BCUT2D eigenvalue weighted by Crippen LogP contribution is 2.18. The van der Waals surface area contributed by atoms with Crippen molar-refractivity contribution in [3.63, 3.8) is 0 Å². The molecular formula is C4H8N2O5S. The molecule has 1 amide bonds. The molecule has 0 aliphatic carbocycles. The number of nitrogens with zero attached hydrogens (tertiary/aromatic N) is 1. The summed E-state index contributed by atoms with van der Waals surface area (Å²) in [5, 5.41) is 0.514. The standard InChI is InChI=1S/C4H8N2O5S/c1-2-3(5)4(7)6(2)11-12(8,9)10/h2-3H,5H2,1H3,(H,8,9,10)/t2-,3+/m1/s1. The molecule has 12 heavy (non-hydrogen) atoms. The van der Waals surface area contributed by atoms with Crippen molar-refractivity contribution in [2.45, 2.75) is 19.0 Å². The molecule has 7 nitrogen and oxygen atoms in total. The number of carbonyl (C=O) groups excluding carboxylic acids is 1. The lowest BCUT2D eigenvalue weighted by atomic mass is 10.0. The summed E-state index contributed by atoms with van der Waals surface area (Å²) in [5.74, 6) is -0.667. The molecule has 2 atom stereocenters. The molecule has 8 heteroatoms. The fraction of sp³-hybridized carbons (Fsp3) is 0.750. The zero-order chi connectivity index (χ0) is 9.52. The first-order valence-electron chi connectivity index (χ1n) is 3.08. The van der Waals surface area contributed by atoms with Crippen LogP contribution in [0.4, 0.5) is 0 Å². The average molecular weight is 196 g/mol. The van der Waals surface area contributed by atoms with Gasteiger partial charge in [-0.1, -0.05) is 0 Å². The van der Waals surface area contributed by atoms with E-state index in [0.717, 1.165) is 0 Å². The molecule has 0 saturated carbocycles. The monoisotopic (exact) mass is 196 g/mol. The van der Waals surface area contributed by atoms with Gasteiger partial charge in [-0.15, -0.1) is 4.28 Å². The zero-order valence-electron chi connectivity index (χ0n) is 6.17. The van der Waals surface area contributed by atoms with E-state index in [1.54, 1.807) is 0 Å². The number of carbonyl (C=O) groups is 1. The Labute approximate surface area is 69.0 Å². The summed E-state index contributed by atoms with van der Waals surface area (Å²) in [4.78, 5) is 10.8. The smallest absolute Gasteiger partial charge is 0.318 e. The first-order valence-corrected chi connectivity index (χ1v) is 4.45. The Morgan fingerprint density at radius 3 is 2.50 bits per heavy atom. The van der Waals surface area contributed by atoms with Crippen molar-refractivity contribution in [3.05, 3.63) is 0 Å². The van der Waals surface area contributed by atoms with E-state index in [-0.39, 0.29) is 0 Å². The maximum Gasteiger partial charge on any atom is 0.418 e. The van der Waals surface area contributed by atoms with Crippen LogP contribution in [-0.2, 0) is 19.5 Å². The highest BCUT2D eigenvalue weighted by atomic mass is 32.3. The van der Waals surface area contributed by atoms with Crippen LogP contribution in [0.2, 0.25) is 0 Å². The van der Waals surface area contributed by atoms with Crippen molar-refractivity contribution in [3.8, 4) is 0 Å². The third-order valence-electron chi connectivity index (χ3n) is 1.57. The summed E-state index contributed by atoms with van der Waals surface area (Å²) in [6.07, 6.45) is 0. The van der Waals surface area contributed by atoms with Crippen molar-refractivity contribution >= 4 is 16.3 Å². The number of rotatable bonds is 2. The molecule has 70 valence electrons. The maximum atomic E-state index is 10.8. The fourth-order valence-electron chi connectivity index (χ4n) is 0.824. The Kier molecular flexibility index (Phi) is 2.08. The van der Waals surface area contributed by atoms with Crippen molar-refractivity contribution < 1.29 is 22.0 Å². The van der Waals surface area contributed by atoms with Crippen molar-refractivity contribution in [2.75, 3.05) is 0 Å². The molecule has 1 aliphatic rings. The molecule has 0 aromatic carbocycles. The summed E-state index contributed by atoms with van der Waals surface area (Å²) in [5.41, 5.74) is 5.23. The van der Waals surface area contributed by atoms with Gasteiger partial charge in [0, 0.05) is 0 Å². The second kappa shape index (κ2) is 2.66. The van der Waals surface area contributed by atoms with Crippen LogP contribution in [0.5, 0.6) is 0 Å². The van der Waals surface area contributed by atoms with Gasteiger partial charge in [0.2, 0.25) is 0 Å². The fourth-order valence-corrected chi connectivity index (χ4v) is 1.24. The van der Waals surface area contributed by atoms with Crippen LogP contribution < -0.4 is 5.73 Å². The minimum atomic E-state index is -4.62. The van der Waals surface area contributed by atoms with Gasteiger partial charge >= 0.3 is 10.4 Å². The third-order valence-corrected chi connectivity index (χ3v) is 1.92. The number of hydrogen-bond acceptors (Lipinski definition) is 5. The van der Waals surface area contributed by atoms with E-state index in [4.69, 9.17) is 10.3 Å². The lowest BCUT2D eigenvalue weighted by Gasteiger charge is -2.39. The zero-order valence-corrected chi connectivity index (χ0v) is 6.98. The van der Waals surface area contributed by atoms with E-state index in [1.807, 2.05) is 0 Å². The number of hydroxylamine groups is 2. The molecule has 1 aliphatic heterocycles. The van der Waals surface area contributed by atoms with Gasteiger partial charge in [-0.3, -0.25) is 9.35 Å². The van der Waals surface area contributed by atoms with Crippen LogP contribution in [0, 0.1) is 0 Å². The van der Waals surface area contributed by atoms with Gasteiger partial charge in [0.15, 0.2) is 0 Å². The van der Waals surface area contributed by atoms with Gasteiger partial charge < -0.3 is 5.73 Å². The van der Waals surface area contributed by atoms with E-state index in [2.05, 4.69) is 4.28 Å². The van der Waals surface area contributed by atoms with Crippen molar-refractivity contribution in [2.24, 2.45) is 5.73 Å². The van der Waals surface area contributed by atoms with E-state index in [1.165, 1.54) is 6.92 Å². The highest BCUT2D eigenvalue weighted by molar-refractivity contribution is 7.80. The van der Waals surface area contributed by atoms with E-state index < -0.39 is 28.4 Å².